The Bertz CT molecular complexity index is 3180. The number of hydrogen-bond donors (Lipinski definition) is 0. The third-order valence-electron chi connectivity index (χ3n) is 14.0. The molecule has 0 fully saturated rings. The lowest BCUT2D eigenvalue weighted by atomic mass is 9.75. The zero-order chi connectivity index (χ0) is 48.6. The van der Waals surface area contributed by atoms with Crippen molar-refractivity contribution in [3.8, 4) is 17.3 Å². The van der Waals surface area contributed by atoms with Crippen molar-refractivity contribution in [2.24, 2.45) is 0 Å². The Morgan fingerprint density at radius 1 is 0.471 bits per heavy atom. The first kappa shape index (κ1) is 46.5. The normalized spacial score (nSPS) is 14.0. The zero-order valence-corrected chi connectivity index (χ0v) is 42.9. The van der Waals surface area contributed by atoms with E-state index < -0.39 is 0 Å². The van der Waals surface area contributed by atoms with Crippen molar-refractivity contribution < 1.29 is 4.74 Å². The minimum atomic E-state index is -0.201. The van der Waals surface area contributed by atoms with Crippen LogP contribution in [0.1, 0.15) is 136 Å². The largest absolute Gasteiger partial charge is 0.457 e. The molecule has 0 bridgehead atoms. The molecule has 0 atom stereocenters. The molecule has 2 aromatic heterocycles. The first-order valence-corrected chi connectivity index (χ1v) is 24.4. The molecule has 68 heavy (non-hydrogen) atoms. The fourth-order valence-electron chi connectivity index (χ4n) is 9.64. The van der Waals surface area contributed by atoms with Gasteiger partial charge in [0.05, 0.1) is 23.4 Å². The molecular formula is C63H70N4O. The second kappa shape index (κ2) is 16.9. The second-order valence-corrected chi connectivity index (χ2v) is 23.6. The van der Waals surface area contributed by atoms with Crippen molar-refractivity contribution in [1.29, 1.82) is 0 Å². The van der Waals surface area contributed by atoms with Crippen LogP contribution < -0.4 is 14.5 Å². The van der Waals surface area contributed by atoms with E-state index >= 15 is 0 Å². The maximum Gasteiger partial charge on any atom is 0.137 e. The van der Waals surface area contributed by atoms with Gasteiger partial charge in [-0.15, -0.1) is 0 Å². The van der Waals surface area contributed by atoms with Gasteiger partial charge in [0.1, 0.15) is 17.3 Å². The molecule has 348 valence electrons. The Labute approximate surface area is 406 Å². The molecule has 5 nitrogen and oxygen atoms in total. The van der Waals surface area contributed by atoms with Gasteiger partial charge >= 0.3 is 0 Å². The first-order chi connectivity index (χ1) is 32.0. The van der Waals surface area contributed by atoms with Crippen LogP contribution in [-0.4, -0.2) is 16.2 Å². The number of fused-ring (bicyclic) bond motifs is 3. The summed E-state index contributed by atoms with van der Waals surface area (Å²) in [6.45, 7) is 32.8. The lowest BCUT2D eigenvalue weighted by Gasteiger charge is -2.32. The summed E-state index contributed by atoms with van der Waals surface area (Å²) in [5.41, 5.74) is 13.7. The van der Waals surface area contributed by atoms with Gasteiger partial charge < -0.3 is 14.5 Å². The molecule has 0 amide bonds. The van der Waals surface area contributed by atoms with E-state index in [1.165, 1.54) is 49.8 Å². The number of pyridine rings is 1. The Morgan fingerprint density at radius 2 is 1.06 bits per heavy atom. The van der Waals surface area contributed by atoms with E-state index in [0.717, 1.165) is 45.3 Å². The third-order valence-corrected chi connectivity index (χ3v) is 14.0. The third kappa shape index (κ3) is 8.96. The van der Waals surface area contributed by atoms with Gasteiger partial charge in [0.15, 0.2) is 0 Å². The van der Waals surface area contributed by atoms with Crippen LogP contribution in [-0.2, 0) is 27.1 Å². The maximum absolute atomic E-state index is 7.23. The molecule has 8 aromatic rings. The second-order valence-electron chi connectivity index (χ2n) is 23.6. The summed E-state index contributed by atoms with van der Waals surface area (Å²) in [6, 6.07) is 53.4. The molecule has 0 saturated heterocycles. The molecule has 0 unspecified atom stereocenters. The van der Waals surface area contributed by atoms with Crippen molar-refractivity contribution in [2.45, 2.75) is 124 Å². The van der Waals surface area contributed by atoms with Crippen LogP contribution in [0.4, 0.5) is 11.4 Å². The summed E-state index contributed by atoms with van der Waals surface area (Å²) in [5, 5.41) is 2.44. The number of para-hydroxylation sites is 1. The van der Waals surface area contributed by atoms with Gasteiger partial charge in [-0.1, -0.05) is 182 Å². The Hall–Kier alpha value is -6.59. The molecule has 0 N–H and O–H groups in total. The average molecular weight is 899 g/mol. The highest BCUT2D eigenvalue weighted by molar-refractivity contribution is 6.11. The quantitative estimate of drug-likeness (QED) is 0.152. The standard InChI is InChI=1S/C63H70N4O/c1-59(2,3)44-29-30-64-57(36-44)67-54-28-22-21-27-52(54)58-53(62(10,11)12)38-51(39-55(58)67)68-50-35-46(61(7,8)9)33-49(37-50)66-41-65(40-56(66)42-23-17-15-18-24-42)48-32-45(60(4,5)6)31-47(34-48)63(13,14)43-25-19-16-20-26-43/h15-40H,41H2,1-14H3. The van der Waals surface area contributed by atoms with Crippen molar-refractivity contribution in [3.63, 3.8) is 0 Å². The van der Waals surface area contributed by atoms with E-state index in [-0.39, 0.29) is 27.1 Å². The molecule has 1 aliphatic heterocycles. The molecule has 3 heterocycles. The predicted octanol–water partition coefficient (Wildman–Crippen LogP) is 16.8. The van der Waals surface area contributed by atoms with Crippen molar-refractivity contribution in [3.05, 3.63) is 197 Å². The Balaban J connectivity index is 1.19. The number of ether oxygens (including phenoxy) is 1. The smallest absolute Gasteiger partial charge is 0.137 e. The first-order valence-electron chi connectivity index (χ1n) is 24.4. The summed E-state index contributed by atoms with van der Waals surface area (Å²) in [7, 11) is 0. The number of nitrogens with zero attached hydrogens (tertiary/aromatic N) is 4. The van der Waals surface area contributed by atoms with Crippen molar-refractivity contribution in [1.82, 2.24) is 9.55 Å². The fraction of sp³-hybridized carbons (Fsp3) is 0.317. The number of aromatic nitrogens is 2. The van der Waals surface area contributed by atoms with Crippen LogP contribution in [0.5, 0.6) is 11.5 Å². The Kier molecular flexibility index (Phi) is 11.5. The van der Waals surface area contributed by atoms with E-state index in [1.54, 1.807) is 0 Å². The summed E-state index contributed by atoms with van der Waals surface area (Å²) < 4.78 is 9.56. The molecule has 0 aliphatic carbocycles. The van der Waals surface area contributed by atoms with E-state index in [4.69, 9.17) is 9.72 Å². The van der Waals surface area contributed by atoms with E-state index in [2.05, 4.69) is 263 Å². The topological polar surface area (TPSA) is 33.5 Å². The van der Waals surface area contributed by atoms with Gasteiger partial charge in [0, 0.05) is 52.1 Å². The van der Waals surface area contributed by atoms with E-state index in [0.29, 0.717) is 6.67 Å². The highest BCUT2D eigenvalue weighted by Gasteiger charge is 2.32. The summed E-state index contributed by atoms with van der Waals surface area (Å²) >= 11 is 0. The highest BCUT2D eigenvalue weighted by Crippen LogP contribution is 2.45. The minimum Gasteiger partial charge on any atom is -0.457 e. The SMILES string of the molecule is CC(C)(C)c1cc(Oc2cc(C(C)(C)C)c3c4ccccc4n(-c4cc(C(C)(C)C)ccn4)c3c2)cc(N2CN(c3cc(C(C)(C)C)cc(C(C)(C)c4ccccc4)c3)C=C2c2ccccc2)c1. The lowest BCUT2D eigenvalue weighted by Crippen LogP contribution is -2.28. The molecule has 0 radical (unpaired) electrons. The molecule has 0 spiro atoms. The van der Waals surface area contributed by atoms with Crippen molar-refractivity contribution in [2.75, 3.05) is 16.5 Å². The molecular weight excluding hydrogens is 829 g/mol. The lowest BCUT2D eigenvalue weighted by molar-refractivity contribution is 0.476. The zero-order valence-electron chi connectivity index (χ0n) is 42.9. The number of benzene rings is 6. The number of hydrogen-bond acceptors (Lipinski definition) is 4. The van der Waals surface area contributed by atoms with Gasteiger partial charge in [-0.3, -0.25) is 4.57 Å². The number of anilines is 2. The predicted molar refractivity (Wildman–Crippen MR) is 289 cm³/mol. The highest BCUT2D eigenvalue weighted by atomic mass is 16.5. The monoisotopic (exact) mass is 899 g/mol. The molecule has 0 saturated carbocycles. The van der Waals surface area contributed by atoms with E-state index in [9.17, 15) is 0 Å². The van der Waals surface area contributed by atoms with Gasteiger partial charge in [-0.25, -0.2) is 4.98 Å². The summed E-state index contributed by atoms with van der Waals surface area (Å²) in [4.78, 5) is 9.90. The van der Waals surface area contributed by atoms with Crippen molar-refractivity contribution >= 4 is 38.9 Å². The van der Waals surface area contributed by atoms with E-state index in [1.807, 2.05) is 6.20 Å². The average Bonchev–Trinajstić information content (AvgIpc) is 3.89. The van der Waals surface area contributed by atoms with Gasteiger partial charge in [-0.2, -0.15) is 0 Å². The summed E-state index contributed by atoms with van der Waals surface area (Å²) in [5.74, 6) is 2.50. The van der Waals surface area contributed by atoms with Gasteiger partial charge in [-0.05, 0) is 109 Å². The Morgan fingerprint density at radius 3 is 1.72 bits per heavy atom. The van der Waals surface area contributed by atoms with Crippen LogP contribution in [0.2, 0.25) is 0 Å². The van der Waals surface area contributed by atoms with Crippen LogP contribution in [0, 0.1) is 0 Å². The fourth-order valence-corrected chi connectivity index (χ4v) is 9.64. The minimum absolute atomic E-state index is 0.0301. The molecule has 9 rings (SSSR count). The van der Waals surface area contributed by atoms with Crippen LogP contribution >= 0.6 is 0 Å². The van der Waals surface area contributed by atoms with Gasteiger partial charge in [0.2, 0.25) is 0 Å². The maximum atomic E-state index is 7.23. The van der Waals surface area contributed by atoms with Gasteiger partial charge in [0.25, 0.3) is 0 Å². The number of rotatable bonds is 8. The van der Waals surface area contributed by atoms with Crippen LogP contribution in [0.3, 0.4) is 0 Å². The molecule has 6 aromatic carbocycles. The summed E-state index contributed by atoms with van der Waals surface area (Å²) in [6.07, 6.45) is 4.29. The van der Waals surface area contributed by atoms with Crippen LogP contribution in [0.25, 0.3) is 33.3 Å². The molecule has 5 heteroatoms. The van der Waals surface area contributed by atoms with Crippen LogP contribution in [0.15, 0.2) is 158 Å². The molecule has 1 aliphatic rings.